The quantitative estimate of drug-likeness (QED) is 0.850. The average Bonchev–Trinajstić information content (AvgIpc) is 2.54. The fourth-order valence-electron chi connectivity index (χ4n) is 2.41. The number of hydrogen-bond donors (Lipinski definition) is 1. The Hall–Kier alpha value is -2.49. The van der Waals surface area contributed by atoms with Crippen LogP contribution in [0.25, 0.3) is 0 Å². The van der Waals surface area contributed by atoms with E-state index < -0.39 is 11.9 Å². The van der Waals surface area contributed by atoms with Crippen LogP contribution in [0.4, 0.5) is 0 Å². The average molecular weight is 300 g/mol. The number of aliphatic carboxylic acids is 1. The van der Waals surface area contributed by atoms with Gasteiger partial charge in [-0.3, -0.25) is 4.79 Å². The van der Waals surface area contributed by atoms with Gasteiger partial charge in [0.15, 0.2) is 0 Å². The van der Waals surface area contributed by atoms with Crippen LogP contribution in [0.1, 0.15) is 24.0 Å². The number of benzene rings is 2. The van der Waals surface area contributed by atoms with E-state index in [1.807, 2.05) is 43.3 Å². The molecule has 0 saturated heterocycles. The molecule has 4 nitrogen and oxygen atoms in total. The molecular weight excluding hydrogens is 280 g/mol. The monoisotopic (exact) mass is 300 g/mol. The number of ether oxygens (including phenoxy) is 2. The summed E-state index contributed by atoms with van der Waals surface area (Å²) in [7, 11) is 1.55. The molecule has 0 heterocycles. The number of carboxylic acids is 1. The maximum absolute atomic E-state index is 11.7. The lowest BCUT2D eigenvalue weighted by molar-refractivity contribution is -0.138. The van der Waals surface area contributed by atoms with Gasteiger partial charge < -0.3 is 14.6 Å². The maximum atomic E-state index is 11.7. The molecule has 0 aliphatic rings. The first-order valence-electron chi connectivity index (χ1n) is 7.23. The van der Waals surface area contributed by atoms with E-state index in [1.165, 1.54) is 0 Å². The van der Waals surface area contributed by atoms with Crippen molar-refractivity contribution in [2.75, 3.05) is 13.7 Å². The fraction of sp³-hybridized carbons (Fsp3) is 0.278. The Labute approximate surface area is 130 Å². The van der Waals surface area contributed by atoms with Gasteiger partial charge in [0.25, 0.3) is 0 Å². The third-order valence-electron chi connectivity index (χ3n) is 3.49. The number of carboxylic acid groups (broad SMARTS) is 1. The van der Waals surface area contributed by atoms with Crippen molar-refractivity contribution in [2.45, 2.75) is 19.3 Å². The SMILES string of the molecule is CCOc1ccc(CC(C(=O)O)c2ccccc2OC)cc1. The highest BCUT2D eigenvalue weighted by atomic mass is 16.5. The van der Waals surface area contributed by atoms with Gasteiger partial charge in [-0.2, -0.15) is 0 Å². The van der Waals surface area contributed by atoms with E-state index in [0.29, 0.717) is 24.3 Å². The molecular formula is C18H20O4. The van der Waals surface area contributed by atoms with Gasteiger partial charge in [0.05, 0.1) is 19.6 Å². The third-order valence-corrected chi connectivity index (χ3v) is 3.49. The molecule has 2 aromatic rings. The second-order valence-corrected chi connectivity index (χ2v) is 4.91. The lowest BCUT2D eigenvalue weighted by atomic mass is 9.91. The van der Waals surface area contributed by atoms with E-state index in [2.05, 4.69) is 0 Å². The summed E-state index contributed by atoms with van der Waals surface area (Å²) < 4.78 is 10.7. The molecule has 0 spiro atoms. The molecule has 2 rings (SSSR count). The number of carbonyl (C=O) groups is 1. The van der Waals surface area contributed by atoms with Crippen LogP contribution in [0, 0.1) is 0 Å². The van der Waals surface area contributed by atoms with Crippen LogP contribution in [0.3, 0.4) is 0 Å². The minimum absolute atomic E-state index is 0.405. The number of para-hydroxylation sites is 1. The molecule has 1 atom stereocenters. The van der Waals surface area contributed by atoms with Crippen molar-refractivity contribution in [3.05, 3.63) is 59.7 Å². The predicted octanol–water partition coefficient (Wildman–Crippen LogP) is 3.50. The first-order valence-corrected chi connectivity index (χ1v) is 7.23. The zero-order valence-electron chi connectivity index (χ0n) is 12.8. The molecule has 22 heavy (non-hydrogen) atoms. The van der Waals surface area contributed by atoms with E-state index in [-0.39, 0.29) is 0 Å². The highest BCUT2D eigenvalue weighted by Crippen LogP contribution is 2.30. The molecule has 0 saturated carbocycles. The Kier molecular flexibility index (Phi) is 5.42. The normalized spacial score (nSPS) is 11.7. The summed E-state index contributed by atoms with van der Waals surface area (Å²) in [4.78, 5) is 11.7. The molecule has 1 N–H and O–H groups in total. The molecule has 0 bridgehead atoms. The second-order valence-electron chi connectivity index (χ2n) is 4.91. The summed E-state index contributed by atoms with van der Waals surface area (Å²) in [5, 5.41) is 9.57. The molecule has 4 heteroatoms. The second kappa shape index (κ2) is 7.50. The van der Waals surface area contributed by atoms with E-state index in [1.54, 1.807) is 19.2 Å². The third kappa shape index (κ3) is 3.79. The first-order chi connectivity index (χ1) is 10.7. The first kappa shape index (κ1) is 15.9. The van der Waals surface area contributed by atoms with Crippen molar-refractivity contribution in [3.63, 3.8) is 0 Å². The van der Waals surface area contributed by atoms with Gasteiger partial charge in [-0.05, 0) is 37.1 Å². The van der Waals surface area contributed by atoms with Crippen molar-refractivity contribution in [1.29, 1.82) is 0 Å². The fourth-order valence-corrected chi connectivity index (χ4v) is 2.41. The summed E-state index contributed by atoms with van der Waals surface area (Å²) in [6.07, 6.45) is 0.405. The van der Waals surface area contributed by atoms with Crippen LogP contribution in [0.15, 0.2) is 48.5 Å². The van der Waals surface area contributed by atoms with Crippen LogP contribution in [0.2, 0.25) is 0 Å². The lowest BCUT2D eigenvalue weighted by Gasteiger charge is -2.16. The van der Waals surface area contributed by atoms with Crippen molar-refractivity contribution >= 4 is 5.97 Å². The summed E-state index contributed by atoms with van der Waals surface area (Å²) in [5.41, 5.74) is 1.63. The number of rotatable bonds is 7. The zero-order chi connectivity index (χ0) is 15.9. The highest BCUT2D eigenvalue weighted by molar-refractivity contribution is 5.77. The maximum Gasteiger partial charge on any atom is 0.311 e. The van der Waals surface area contributed by atoms with Crippen molar-refractivity contribution < 1.29 is 19.4 Å². The molecule has 2 aromatic carbocycles. The van der Waals surface area contributed by atoms with Crippen molar-refractivity contribution in [3.8, 4) is 11.5 Å². The molecule has 0 aliphatic heterocycles. The molecule has 1 unspecified atom stereocenters. The van der Waals surface area contributed by atoms with Gasteiger partial charge in [0.1, 0.15) is 11.5 Å². The predicted molar refractivity (Wildman–Crippen MR) is 84.7 cm³/mol. The highest BCUT2D eigenvalue weighted by Gasteiger charge is 2.23. The number of hydrogen-bond acceptors (Lipinski definition) is 3. The Morgan fingerprint density at radius 1 is 1.14 bits per heavy atom. The van der Waals surface area contributed by atoms with E-state index >= 15 is 0 Å². The van der Waals surface area contributed by atoms with Crippen LogP contribution in [-0.4, -0.2) is 24.8 Å². The van der Waals surface area contributed by atoms with Crippen LogP contribution in [-0.2, 0) is 11.2 Å². The van der Waals surface area contributed by atoms with Crippen molar-refractivity contribution in [2.24, 2.45) is 0 Å². The molecule has 0 aliphatic carbocycles. The Bertz CT molecular complexity index is 619. The summed E-state index contributed by atoms with van der Waals surface area (Å²) in [6, 6.07) is 14.8. The van der Waals surface area contributed by atoms with Gasteiger partial charge in [0, 0.05) is 5.56 Å². The molecule has 116 valence electrons. The Morgan fingerprint density at radius 3 is 2.41 bits per heavy atom. The largest absolute Gasteiger partial charge is 0.496 e. The molecule has 0 aromatic heterocycles. The van der Waals surface area contributed by atoms with E-state index in [0.717, 1.165) is 11.3 Å². The van der Waals surface area contributed by atoms with Crippen LogP contribution < -0.4 is 9.47 Å². The lowest BCUT2D eigenvalue weighted by Crippen LogP contribution is -2.15. The van der Waals surface area contributed by atoms with E-state index in [4.69, 9.17) is 9.47 Å². The Morgan fingerprint density at radius 2 is 1.82 bits per heavy atom. The topological polar surface area (TPSA) is 55.8 Å². The standard InChI is InChI=1S/C18H20O4/c1-3-22-14-10-8-13(9-11-14)12-16(18(19)20)15-6-4-5-7-17(15)21-2/h4-11,16H,3,12H2,1-2H3,(H,19,20). The van der Waals surface area contributed by atoms with Gasteiger partial charge in [-0.1, -0.05) is 30.3 Å². The zero-order valence-corrected chi connectivity index (χ0v) is 12.8. The van der Waals surface area contributed by atoms with Crippen molar-refractivity contribution in [1.82, 2.24) is 0 Å². The van der Waals surface area contributed by atoms with Crippen LogP contribution in [0.5, 0.6) is 11.5 Å². The minimum Gasteiger partial charge on any atom is -0.496 e. The number of methoxy groups -OCH3 is 1. The van der Waals surface area contributed by atoms with Gasteiger partial charge >= 0.3 is 5.97 Å². The van der Waals surface area contributed by atoms with E-state index in [9.17, 15) is 9.90 Å². The summed E-state index contributed by atoms with van der Waals surface area (Å²) in [5.74, 6) is -0.122. The summed E-state index contributed by atoms with van der Waals surface area (Å²) >= 11 is 0. The smallest absolute Gasteiger partial charge is 0.311 e. The van der Waals surface area contributed by atoms with Crippen LogP contribution >= 0.6 is 0 Å². The Balaban J connectivity index is 2.24. The molecule has 0 amide bonds. The molecule has 0 fully saturated rings. The summed E-state index contributed by atoms with van der Waals surface area (Å²) in [6.45, 7) is 2.54. The molecule has 0 radical (unpaired) electrons. The minimum atomic E-state index is -0.863. The van der Waals surface area contributed by atoms with Gasteiger partial charge in [-0.15, -0.1) is 0 Å². The van der Waals surface area contributed by atoms with Gasteiger partial charge in [-0.25, -0.2) is 0 Å². The van der Waals surface area contributed by atoms with Gasteiger partial charge in [0.2, 0.25) is 0 Å².